The zero-order chi connectivity index (χ0) is 13.0. The molecule has 2 aromatic rings. The number of aryl methyl sites for hydroxylation is 1. The Labute approximate surface area is 111 Å². The van der Waals surface area contributed by atoms with Crippen LogP contribution in [0, 0.1) is 0 Å². The minimum Gasteiger partial charge on any atom is -0.352 e. The van der Waals surface area contributed by atoms with Gasteiger partial charge in [0, 0.05) is 42.9 Å². The second-order valence-electron chi connectivity index (χ2n) is 4.01. The van der Waals surface area contributed by atoms with Gasteiger partial charge in [-0.3, -0.25) is 4.79 Å². The molecule has 0 aliphatic carbocycles. The Morgan fingerprint density at radius 2 is 2.11 bits per heavy atom. The average Bonchev–Trinajstić information content (AvgIpc) is 2.76. The third kappa shape index (κ3) is 3.13. The predicted octanol–water partition coefficient (Wildman–Crippen LogP) is 1.68. The van der Waals surface area contributed by atoms with E-state index in [0.717, 1.165) is 17.1 Å². The molecule has 4 nitrogen and oxygen atoms in total. The predicted molar refractivity (Wildman–Crippen MR) is 72.9 cm³/mol. The minimum atomic E-state index is -0.0717. The van der Waals surface area contributed by atoms with Gasteiger partial charge in [-0.1, -0.05) is 0 Å². The third-order valence-corrected chi connectivity index (χ3v) is 2.98. The summed E-state index contributed by atoms with van der Waals surface area (Å²) in [6.45, 7) is 0.576. The van der Waals surface area contributed by atoms with Gasteiger partial charge in [-0.05, 0) is 24.3 Å². The van der Waals surface area contributed by atoms with E-state index in [1.807, 2.05) is 17.8 Å². The summed E-state index contributed by atoms with van der Waals surface area (Å²) >= 11 is 4.18. The van der Waals surface area contributed by atoms with Gasteiger partial charge in [-0.2, -0.15) is 0 Å². The molecular formula is C13H15N3OS. The molecule has 0 aliphatic heterocycles. The van der Waals surface area contributed by atoms with Crippen molar-refractivity contribution < 1.29 is 4.79 Å². The molecule has 1 aromatic carbocycles. The first-order valence-corrected chi connectivity index (χ1v) is 6.15. The number of nitrogens with zero attached hydrogens (tertiary/aromatic N) is 2. The molecule has 94 valence electrons. The maximum absolute atomic E-state index is 11.8. The minimum absolute atomic E-state index is 0.0717. The molecule has 2 rings (SSSR count). The van der Waals surface area contributed by atoms with Crippen LogP contribution in [0.2, 0.25) is 0 Å². The number of benzene rings is 1. The van der Waals surface area contributed by atoms with E-state index in [1.54, 1.807) is 30.5 Å². The highest BCUT2D eigenvalue weighted by atomic mass is 32.1. The number of rotatable bonds is 4. The molecule has 0 radical (unpaired) electrons. The molecule has 0 bridgehead atoms. The SMILES string of the molecule is Cn1ccnc1CCNC(=O)c1ccc(S)cc1. The Bertz CT molecular complexity index is 533. The Morgan fingerprint density at radius 3 is 2.72 bits per heavy atom. The van der Waals surface area contributed by atoms with Gasteiger partial charge in [-0.25, -0.2) is 4.98 Å². The third-order valence-electron chi connectivity index (χ3n) is 2.68. The number of amides is 1. The van der Waals surface area contributed by atoms with Crippen LogP contribution >= 0.6 is 12.6 Å². The molecule has 0 saturated carbocycles. The Morgan fingerprint density at radius 1 is 1.39 bits per heavy atom. The first-order chi connectivity index (χ1) is 8.66. The van der Waals surface area contributed by atoms with Gasteiger partial charge in [0.15, 0.2) is 0 Å². The fourth-order valence-corrected chi connectivity index (χ4v) is 1.79. The topological polar surface area (TPSA) is 46.9 Å². The van der Waals surface area contributed by atoms with Crippen molar-refractivity contribution in [1.82, 2.24) is 14.9 Å². The highest BCUT2D eigenvalue weighted by Gasteiger charge is 2.05. The maximum atomic E-state index is 11.8. The molecule has 0 atom stereocenters. The van der Waals surface area contributed by atoms with E-state index in [-0.39, 0.29) is 5.91 Å². The smallest absolute Gasteiger partial charge is 0.251 e. The zero-order valence-corrected chi connectivity index (χ0v) is 11.0. The van der Waals surface area contributed by atoms with Crippen LogP contribution in [-0.4, -0.2) is 22.0 Å². The van der Waals surface area contributed by atoms with Gasteiger partial charge >= 0.3 is 0 Å². The second-order valence-corrected chi connectivity index (χ2v) is 4.52. The monoisotopic (exact) mass is 261 g/mol. The van der Waals surface area contributed by atoms with Gasteiger partial charge in [0.25, 0.3) is 5.91 Å². The van der Waals surface area contributed by atoms with Crippen molar-refractivity contribution in [2.75, 3.05) is 6.54 Å². The number of carbonyl (C=O) groups is 1. The molecule has 0 aliphatic rings. The molecule has 5 heteroatoms. The van der Waals surface area contributed by atoms with Crippen LogP contribution in [0.4, 0.5) is 0 Å². The molecule has 1 amide bonds. The Kier molecular flexibility index (Phi) is 4.04. The van der Waals surface area contributed by atoms with E-state index in [1.165, 1.54) is 0 Å². The average molecular weight is 261 g/mol. The highest BCUT2D eigenvalue weighted by Crippen LogP contribution is 2.07. The summed E-state index contributed by atoms with van der Waals surface area (Å²) in [5.74, 6) is 0.888. The van der Waals surface area contributed by atoms with Crippen molar-refractivity contribution in [2.24, 2.45) is 7.05 Å². The summed E-state index contributed by atoms with van der Waals surface area (Å²) in [6.07, 6.45) is 4.37. The lowest BCUT2D eigenvalue weighted by atomic mass is 10.2. The number of nitrogens with one attached hydrogen (secondary N) is 1. The van der Waals surface area contributed by atoms with E-state index in [0.29, 0.717) is 12.1 Å². The van der Waals surface area contributed by atoms with Gasteiger partial charge in [0.1, 0.15) is 5.82 Å². The molecule has 0 saturated heterocycles. The quantitative estimate of drug-likeness (QED) is 0.823. The van der Waals surface area contributed by atoms with Crippen LogP contribution in [0.5, 0.6) is 0 Å². The summed E-state index contributed by atoms with van der Waals surface area (Å²) in [5.41, 5.74) is 0.646. The summed E-state index contributed by atoms with van der Waals surface area (Å²) in [6, 6.07) is 7.13. The van der Waals surface area contributed by atoms with Crippen molar-refractivity contribution in [3.05, 3.63) is 48.0 Å². The van der Waals surface area contributed by atoms with Crippen molar-refractivity contribution in [3.8, 4) is 0 Å². The van der Waals surface area contributed by atoms with E-state index in [4.69, 9.17) is 0 Å². The summed E-state index contributed by atoms with van der Waals surface area (Å²) in [7, 11) is 1.94. The summed E-state index contributed by atoms with van der Waals surface area (Å²) in [5, 5.41) is 2.87. The summed E-state index contributed by atoms with van der Waals surface area (Å²) < 4.78 is 1.95. The number of thiol groups is 1. The highest BCUT2D eigenvalue weighted by molar-refractivity contribution is 7.80. The van der Waals surface area contributed by atoms with Crippen molar-refractivity contribution in [2.45, 2.75) is 11.3 Å². The number of hydrogen-bond donors (Lipinski definition) is 2. The maximum Gasteiger partial charge on any atom is 0.251 e. The Balaban J connectivity index is 1.85. The molecular weight excluding hydrogens is 246 g/mol. The van der Waals surface area contributed by atoms with Crippen LogP contribution in [0.1, 0.15) is 16.2 Å². The second kappa shape index (κ2) is 5.73. The fraction of sp³-hybridized carbons (Fsp3) is 0.231. The van der Waals surface area contributed by atoms with Crippen molar-refractivity contribution in [3.63, 3.8) is 0 Å². The van der Waals surface area contributed by atoms with Crippen LogP contribution in [0.25, 0.3) is 0 Å². The molecule has 1 heterocycles. The van der Waals surface area contributed by atoms with Crippen LogP contribution in [0.15, 0.2) is 41.6 Å². The van der Waals surface area contributed by atoms with Crippen LogP contribution in [0.3, 0.4) is 0 Å². The van der Waals surface area contributed by atoms with E-state index in [2.05, 4.69) is 22.9 Å². The standard InChI is InChI=1S/C13H15N3OS/c1-16-9-8-14-12(16)6-7-15-13(17)10-2-4-11(18)5-3-10/h2-5,8-9,18H,6-7H2,1H3,(H,15,17). The number of carbonyl (C=O) groups excluding carboxylic acids is 1. The van der Waals surface area contributed by atoms with Crippen LogP contribution in [-0.2, 0) is 13.5 Å². The lowest BCUT2D eigenvalue weighted by Gasteiger charge is -2.05. The van der Waals surface area contributed by atoms with E-state index >= 15 is 0 Å². The van der Waals surface area contributed by atoms with Gasteiger partial charge in [0.2, 0.25) is 0 Å². The first-order valence-electron chi connectivity index (χ1n) is 5.70. The van der Waals surface area contributed by atoms with E-state index < -0.39 is 0 Å². The van der Waals surface area contributed by atoms with Crippen molar-refractivity contribution in [1.29, 1.82) is 0 Å². The van der Waals surface area contributed by atoms with Crippen LogP contribution < -0.4 is 5.32 Å². The number of hydrogen-bond acceptors (Lipinski definition) is 3. The lowest BCUT2D eigenvalue weighted by molar-refractivity contribution is 0.0954. The fourth-order valence-electron chi connectivity index (χ4n) is 1.64. The van der Waals surface area contributed by atoms with Gasteiger partial charge in [-0.15, -0.1) is 12.6 Å². The van der Waals surface area contributed by atoms with Crippen molar-refractivity contribution >= 4 is 18.5 Å². The molecule has 1 N–H and O–H groups in total. The molecule has 0 fully saturated rings. The molecule has 1 aromatic heterocycles. The molecule has 0 unspecified atom stereocenters. The largest absolute Gasteiger partial charge is 0.352 e. The summed E-state index contributed by atoms with van der Waals surface area (Å²) in [4.78, 5) is 16.9. The van der Waals surface area contributed by atoms with E-state index in [9.17, 15) is 4.79 Å². The first kappa shape index (κ1) is 12.7. The molecule has 18 heavy (non-hydrogen) atoms. The van der Waals surface area contributed by atoms with Gasteiger partial charge < -0.3 is 9.88 Å². The Hall–Kier alpha value is -1.75. The zero-order valence-electron chi connectivity index (χ0n) is 10.1. The van der Waals surface area contributed by atoms with Gasteiger partial charge in [0.05, 0.1) is 0 Å². The lowest BCUT2D eigenvalue weighted by Crippen LogP contribution is -2.26. The number of aromatic nitrogens is 2. The normalized spacial score (nSPS) is 10.3. The molecule has 0 spiro atoms. The number of imidazole rings is 1.